The number of nitrogens with zero attached hydrogens (tertiary/aromatic N) is 2. The molecule has 0 bridgehead atoms. The molecule has 5 nitrogen and oxygen atoms in total. The Morgan fingerprint density at radius 2 is 1.90 bits per heavy atom. The second kappa shape index (κ2) is 8.58. The monoisotopic (exact) mass is 396 g/mol. The number of hydrogen-bond donors (Lipinski definition) is 1. The number of imidazole rings is 1. The third-order valence-electron chi connectivity index (χ3n) is 7.23. The van der Waals surface area contributed by atoms with Gasteiger partial charge in [0, 0.05) is 25.4 Å². The van der Waals surface area contributed by atoms with Crippen LogP contribution in [0.4, 0.5) is 0 Å². The highest BCUT2D eigenvalue weighted by Crippen LogP contribution is 2.42. The van der Waals surface area contributed by atoms with Crippen molar-refractivity contribution >= 4 is 0 Å². The van der Waals surface area contributed by atoms with Gasteiger partial charge >= 0.3 is 0 Å². The smallest absolute Gasteiger partial charge is 0.0956 e. The Morgan fingerprint density at radius 3 is 2.72 bits per heavy atom. The molecule has 2 atom stereocenters. The maximum absolute atomic E-state index is 11.1. The summed E-state index contributed by atoms with van der Waals surface area (Å²) in [7, 11) is 0. The van der Waals surface area contributed by atoms with Crippen LogP contribution in [0.2, 0.25) is 0 Å². The van der Waals surface area contributed by atoms with Gasteiger partial charge < -0.3 is 19.1 Å². The Balaban J connectivity index is 1.14. The minimum absolute atomic E-state index is 0.196. The van der Waals surface area contributed by atoms with Gasteiger partial charge in [0.05, 0.1) is 36.5 Å². The van der Waals surface area contributed by atoms with E-state index in [1.807, 2.05) is 12.5 Å². The van der Waals surface area contributed by atoms with Crippen molar-refractivity contribution in [3.8, 4) is 11.3 Å². The second-order valence-electron chi connectivity index (χ2n) is 9.02. The number of benzene rings is 1. The summed E-state index contributed by atoms with van der Waals surface area (Å²) in [6.45, 7) is 2.65. The third-order valence-corrected chi connectivity index (χ3v) is 7.23. The van der Waals surface area contributed by atoms with Crippen molar-refractivity contribution in [2.75, 3.05) is 19.8 Å². The molecule has 2 unspecified atom stereocenters. The highest BCUT2D eigenvalue weighted by atomic mass is 16.5. The molecule has 1 saturated carbocycles. The Labute approximate surface area is 173 Å². The SMILES string of the molecule is OC(CC1c2ccccc2-c2cncn21)C1CCC(OCC2CCOCC2)CC1. The van der Waals surface area contributed by atoms with Gasteiger partial charge in [0.2, 0.25) is 0 Å². The zero-order valence-corrected chi connectivity index (χ0v) is 17.1. The Bertz CT molecular complexity index is 806. The molecule has 1 aromatic heterocycles. The predicted molar refractivity (Wildman–Crippen MR) is 112 cm³/mol. The Kier molecular flexibility index (Phi) is 5.71. The molecule has 1 aromatic carbocycles. The first-order valence-electron chi connectivity index (χ1n) is 11.3. The largest absolute Gasteiger partial charge is 0.393 e. The molecule has 1 saturated heterocycles. The molecule has 0 radical (unpaired) electrons. The van der Waals surface area contributed by atoms with Crippen molar-refractivity contribution < 1.29 is 14.6 Å². The Hall–Kier alpha value is -1.69. The van der Waals surface area contributed by atoms with Gasteiger partial charge in [0.1, 0.15) is 0 Å². The van der Waals surface area contributed by atoms with Crippen molar-refractivity contribution in [1.82, 2.24) is 9.55 Å². The lowest BCUT2D eigenvalue weighted by Crippen LogP contribution is -2.32. The molecule has 0 spiro atoms. The molecule has 2 fully saturated rings. The van der Waals surface area contributed by atoms with Crippen molar-refractivity contribution in [3.05, 3.63) is 42.4 Å². The first kappa shape index (κ1) is 19.3. The first-order chi connectivity index (χ1) is 14.3. The zero-order chi connectivity index (χ0) is 19.6. The number of aliphatic hydroxyl groups is 1. The molecule has 5 heteroatoms. The summed E-state index contributed by atoms with van der Waals surface area (Å²) in [5.41, 5.74) is 3.74. The molecule has 1 aliphatic carbocycles. The molecule has 2 aromatic rings. The summed E-state index contributed by atoms with van der Waals surface area (Å²) in [6, 6.07) is 8.73. The second-order valence-corrected chi connectivity index (χ2v) is 9.02. The molecule has 3 aliphatic rings. The zero-order valence-electron chi connectivity index (χ0n) is 17.1. The average molecular weight is 397 g/mol. The fourth-order valence-electron chi connectivity index (χ4n) is 5.42. The maximum atomic E-state index is 11.1. The fourth-order valence-corrected chi connectivity index (χ4v) is 5.42. The lowest BCUT2D eigenvalue weighted by Gasteiger charge is -2.33. The van der Waals surface area contributed by atoms with Crippen LogP contribution in [0.5, 0.6) is 0 Å². The molecular weight excluding hydrogens is 364 g/mol. The summed E-state index contributed by atoms with van der Waals surface area (Å²) in [6.07, 6.45) is 11.2. The fraction of sp³-hybridized carbons (Fsp3) is 0.625. The molecule has 1 N–H and O–H groups in total. The van der Waals surface area contributed by atoms with Crippen LogP contribution in [-0.4, -0.2) is 46.7 Å². The molecule has 29 heavy (non-hydrogen) atoms. The van der Waals surface area contributed by atoms with Crippen LogP contribution in [0.25, 0.3) is 11.3 Å². The maximum Gasteiger partial charge on any atom is 0.0956 e. The molecule has 2 aliphatic heterocycles. The van der Waals surface area contributed by atoms with E-state index in [0.29, 0.717) is 17.9 Å². The van der Waals surface area contributed by atoms with E-state index in [2.05, 4.69) is 33.8 Å². The normalized spacial score (nSPS) is 28.1. The van der Waals surface area contributed by atoms with E-state index in [9.17, 15) is 5.11 Å². The molecule has 3 heterocycles. The van der Waals surface area contributed by atoms with Gasteiger partial charge in [0.15, 0.2) is 0 Å². The Morgan fingerprint density at radius 1 is 1.10 bits per heavy atom. The number of fused-ring (bicyclic) bond motifs is 3. The summed E-state index contributed by atoms with van der Waals surface area (Å²) in [5.74, 6) is 1.04. The average Bonchev–Trinajstić information content (AvgIpc) is 3.36. The summed E-state index contributed by atoms with van der Waals surface area (Å²) in [5, 5.41) is 11.1. The number of hydrogen-bond acceptors (Lipinski definition) is 4. The number of rotatable bonds is 6. The highest BCUT2D eigenvalue weighted by molar-refractivity contribution is 5.68. The third kappa shape index (κ3) is 4.00. The van der Waals surface area contributed by atoms with E-state index >= 15 is 0 Å². The van der Waals surface area contributed by atoms with Gasteiger partial charge in [-0.15, -0.1) is 0 Å². The van der Waals surface area contributed by atoms with E-state index in [1.54, 1.807) is 0 Å². The quantitative estimate of drug-likeness (QED) is 0.795. The van der Waals surface area contributed by atoms with Gasteiger partial charge in [-0.05, 0) is 62.3 Å². The van der Waals surface area contributed by atoms with Gasteiger partial charge in [0.25, 0.3) is 0 Å². The van der Waals surface area contributed by atoms with Crippen LogP contribution in [0.3, 0.4) is 0 Å². The molecular formula is C24H32N2O3. The van der Waals surface area contributed by atoms with E-state index in [4.69, 9.17) is 9.47 Å². The lowest BCUT2D eigenvalue weighted by molar-refractivity contribution is -0.0390. The topological polar surface area (TPSA) is 56.5 Å². The first-order valence-corrected chi connectivity index (χ1v) is 11.3. The van der Waals surface area contributed by atoms with Gasteiger partial charge in [-0.2, -0.15) is 0 Å². The molecule has 5 rings (SSSR count). The summed E-state index contributed by atoms with van der Waals surface area (Å²) in [4.78, 5) is 4.34. The van der Waals surface area contributed by atoms with Crippen molar-refractivity contribution in [3.63, 3.8) is 0 Å². The standard InChI is InChI=1S/C24H32N2O3/c27-24(13-22-20-3-1-2-4-21(20)23-14-25-16-26(22)23)18-5-7-19(8-6-18)29-15-17-9-11-28-12-10-17/h1-4,14,16-19,22,24,27H,5-13,15H2. The van der Waals surface area contributed by atoms with Crippen LogP contribution in [-0.2, 0) is 9.47 Å². The lowest BCUT2D eigenvalue weighted by atomic mass is 9.81. The van der Waals surface area contributed by atoms with E-state index < -0.39 is 0 Å². The van der Waals surface area contributed by atoms with E-state index in [0.717, 1.165) is 64.8 Å². The van der Waals surface area contributed by atoms with E-state index in [-0.39, 0.29) is 12.1 Å². The number of aliphatic hydroxyl groups excluding tert-OH is 1. The van der Waals surface area contributed by atoms with Crippen LogP contribution < -0.4 is 0 Å². The van der Waals surface area contributed by atoms with Crippen LogP contribution in [0.15, 0.2) is 36.8 Å². The van der Waals surface area contributed by atoms with Crippen molar-refractivity contribution in [2.24, 2.45) is 11.8 Å². The predicted octanol–water partition coefficient (Wildman–Crippen LogP) is 4.21. The van der Waals surface area contributed by atoms with Gasteiger partial charge in [-0.25, -0.2) is 4.98 Å². The minimum atomic E-state index is -0.280. The van der Waals surface area contributed by atoms with Crippen LogP contribution >= 0.6 is 0 Å². The van der Waals surface area contributed by atoms with Gasteiger partial charge in [-0.1, -0.05) is 24.3 Å². The van der Waals surface area contributed by atoms with Crippen molar-refractivity contribution in [1.29, 1.82) is 0 Å². The highest BCUT2D eigenvalue weighted by Gasteiger charge is 2.34. The van der Waals surface area contributed by atoms with Crippen LogP contribution in [0, 0.1) is 11.8 Å². The van der Waals surface area contributed by atoms with Crippen LogP contribution in [0.1, 0.15) is 56.6 Å². The van der Waals surface area contributed by atoms with E-state index in [1.165, 1.54) is 16.8 Å². The minimum Gasteiger partial charge on any atom is -0.393 e. The van der Waals surface area contributed by atoms with Gasteiger partial charge in [-0.3, -0.25) is 0 Å². The number of aromatic nitrogens is 2. The molecule has 156 valence electrons. The summed E-state index contributed by atoms with van der Waals surface area (Å²) >= 11 is 0. The number of ether oxygens (including phenoxy) is 2. The molecule has 0 amide bonds. The van der Waals surface area contributed by atoms with Crippen molar-refractivity contribution in [2.45, 2.75) is 63.2 Å². The summed E-state index contributed by atoms with van der Waals surface area (Å²) < 4.78 is 13.9.